The van der Waals surface area contributed by atoms with Crippen molar-refractivity contribution in [2.75, 3.05) is 19.8 Å². The summed E-state index contributed by atoms with van der Waals surface area (Å²) in [6.07, 6.45) is 2.60. The molecular formula is C40H54ClFN4O6Si2. The molecule has 0 spiro atoms. The number of benzene rings is 1. The van der Waals surface area contributed by atoms with Crippen LogP contribution >= 0.6 is 11.6 Å². The lowest BCUT2D eigenvalue weighted by Crippen LogP contribution is -2.47. The number of ether oxygens (including phenoxy) is 4. The highest BCUT2D eigenvalue weighted by atomic mass is 35.5. The summed E-state index contributed by atoms with van der Waals surface area (Å²) in [4.78, 5) is 22.2. The van der Waals surface area contributed by atoms with E-state index in [4.69, 9.17) is 44.9 Å². The van der Waals surface area contributed by atoms with Crippen LogP contribution in [0.3, 0.4) is 0 Å². The van der Waals surface area contributed by atoms with Crippen LogP contribution in [-0.2, 0) is 45.3 Å². The van der Waals surface area contributed by atoms with Crippen molar-refractivity contribution in [3.8, 4) is 17.1 Å². The van der Waals surface area contributed by atoms with E-state index in [-0.39, 0.29) is 47.4 Å². The molecular weight excluding hydrogens is 743 g/mol. The second-order valence-corrected chi connectivity index (χ2v) is 28.7. The van der Waals surface area contributed by atoms with Gasteiger partial charge >= 0.3 is 6.01 Å². The summed E-state index contributed by atoms with van der Waals surface area (Å²) in [6, 6.07) is 10.1. The zero-order valence-electron chi connectivity index (χ0n) is 33.0. The summed E-state index contributed by atoms with van der Waals surface area (Å²) in [6.45, 7) is 19.8. The number of aryl methyl sites for hydroxylation is 2. The number of fused-ring (bicyclic) bond motifs is 3. The van der Waals surface area contributed by atoms with Gasteiger partial charge in [-0.05, 0) is 89.8 Å². The van der Waals surface area contributed by atoms with Gasteiger partial charge in [0, 0.05) is 34.0 Å². The van der Waals surface area contributed by atoms with Gasteiger partial charge in [-0.1, -0.05) is 58.1 Å². The first kappa shape index (κ1) is 39.3. The van der Waals surface area contributed by atoms with E-state index >= 15 is 4.39 Å². The van der Waals surface area contributed by atoms with E-state index in [1.807, 2.05) is 22.8 Å². The van der Waals surface area contributed by atoms with Crippen LogP contribution in [-0.4, -0.2) is 79.7 Å². The monoisotopic (exact) mass is 796 g/mol. The molecule has 0 N–H and O–H groups in total. The van der Waals surface area contributed by atoms with Gasteiger partial charge in [0.05, 0.1) is 30.0 Å². The fraction of sp³-hybridized carbons (Fsp3) is 0.575. The number of halogens is 2. The number of rotatable bonds is 12. The molecule has 4 aromatic rings. The predicted molar refractivity (Wildman–Crippen MR) is 214 cm³/mol. The van der Waals surface area contributed by atoms with Crippen LogP contribution < -0.4 is 10.3 Å². The van der Waals surface area contributed by atoms with Crippen LogP contribution in [0.25, 0.3) is 22.3 Å². The second-order valence-electron chi connectivity index (χ2n) is 17.9. The Kier molecular flexibility index (Phi) is 10.8. The first-order chi connectivity index (χ1) is 25.4. The molecule has 14 heteroatoms. The van der Waals surface area contributed by atoms with Gasteiger partial charge in [-0.15, -0.1) is 0 Å². The lowest BCUT2D eigenvalue weighted by molar-refractivity contribution is 0.00687. The highest BCUT2D eigenvalue weighted by molar-refractivity contribution is 6.76. The van der Waals surface area contributed by atoms with Crippen LogP contribution in [0.15, 0.2) is 41.3 Å². The Morgan fingerprint density at radius 1 is 1.00 bits per heavy atom. The minimum atomic E-state index is -2.04. The van der Waals surface area contributed by atoms with E-state index in [2.05, 4.69) is 53.5 Å². The number of pyridine rings is 2. The minimum absolute atomic E-state index is 0.0662. The Morgan fingerprint density at radius 3 is 2.43 bits per heavy atom. The largest absolute Gasteiger partial charge is 0.456 e. The fourth-order valence-electron chi connectivity index (χ4n) is 7.39. The highest BCUT2D eigenvalue weighted by Crippen LogP contribution is 2.42. The first-order valence-electron chi connectivity index (χ1n) is 19.1. The molecule has 1 aromatic carbocycles. The number of hydrogen-bond acceptors (Lipinski definition) is 8. The molecule has 2 saturated heterocycles. The summed E-state index contributed by atoms with van der Waals surface area (Å²) in [7, 11) is -1.67. The molecule has 292 valence electrons. The molecule has 0 bridgehead atoms. The third-order valence-corrected chi connectivity index (χ3v) is 18.2. The summed E-state index contributed by atoms with van der Waals surface area (Å²) < 4.78 is 51.4. The molecule has 5 heterocycles. The van der Waals surface area contributed by atoms with Gasteiger partial charge in [0.1, 0.15) is 30.3 Å². The lowest BCUT2D eigenvalue weighted by Gasteiger charge is -2.39. The molecule has 0 amide bonds. The van der Waals surface area contributed by atoms with E-state index in [0.717, 1.165) is 24.4 Å². The van der Waals surface area contributed by atoms with Crippen molar-refractivity contribution in [2.24, 2.45) is 7.05 Å². The fourth-order valence-corrected chi connectivity index (χ4v) is 9.68. The van der Waals surface area contributed by atoms with E-state index in [0.29, 0.717) is 70.8 Å². The number of hydrogen-bond donors (Lipinski definition) is 0. The van der Waals surface area contributed by atoms with Crippen LogP contribution in [0.5, 0.6) is 6.01 Å². The van der Waals surface area contributed by atoms with Crippen LogP contribution in [0.1, 0.15) is 49.9 Å². The minimum Gasteiger partial charge on any atom is -0.456 e. The average molecular weight is 798 g/mol. The Hall–Kier alpha value is -2.92. The molecule has 54 heavy (non-hydrogen) atoms. The maximum absolute atomic E-state index is 15.9. The van der Waals surface area contributed by atoms with Crippen molar-refractivity contribution in [1.29, 1.82) is 0 Å². The van der Waals surface area contributed by atoms with Crippen molar-refractivity contribution in [3.63, 3.8) is 0 Å². The molecule has 2 fully saturated rings. The molecule has 1 aliphatic carbocycles. The third kappa shape index (κ3) is 8.00. The van der Waals surface area contributed by atoms with Crippen molar-refractivity contribution >= 4 is 39.2 Å². The van der Waals surface area contributed by atoms with E-state index in [1.165, 1.54) is 10.6 Å². The standard InChI is InChI=1S/C40H54ClFN4O6Si2/c1-40(2,3)54(8,9)52-33-22-50-36-32(21-49-37(33)36)51-39-44-31-20-28(41)30(43-38(31)46(39)23-48-14-15-53(5,6)7)18-26-11-10-25-16-27(17-29(42)35(25)26)24-12-13-45(4)34(47)19-24/h12-13,16-17,19-20,26,32-33,36-37H,10-11,14-15,18,21-23H2,1-9H3/t26?,32-,33-,36-,37-/m1/s1. The average Bonchev–Trinajstić information content (AvgIpc) is 3.85. The summed E-state index contributed by atoms with van der Waals surface area (Å²) in [5.74, 6) is -0.378. The Balaban J connectivity index is 1.14. The lowest BCUT2D eigenvalue weighted by atomic mass is 9.93. The molecule has 2 aliphatic heterocycles. The maximum atomic E-state index is 15.9. The van der Waals surface area contributed by atoms with Crippen molar-refractivity contribution in [3.05, 3.63) is 74.5 Å². The SMILES string of the molecule is Cn1ccc(-c2cc(F)c3c(c2)CCC3Cc2nc3c(cc2Cl)nc(O[C@@H]2CO[C@H]4[C@@H]2OC[C@H]4O[Si](C)(C)C(C)(C)C)n3COCC[Si](C)(C)C)cc1=O. The van der Waals surface area contributed by atoms with Gasteiger partial charge in [0.15, 0.2) is 20.1 Å². The molecule has 1 unspecified atom stereocenters. The number of aromatic nitrogens is 4. The zero-order valence-corrected chi connectivity index (χ0v) is 35.8. The Labute approximate surface area is 324 Å². The molecule has 5 atom stereocenters. The second kappa shape index (κ2) is 14.9. The smallest absolute Gasteiger partial charge is 0.301 e. The van der Waals surface area contributed by atoms with Gasteiger partial charge in [0.2, 0.25) is 0 Å². The van der Waals surface area contributed by atoms with Crippen molar-refractivity contribution in [1.82, 2.24) is 19.1 Å². The van der Waals surface area contributed by atoms with Gasteiger partial charge in [-0.2, -0.15) is 4.98 Å². The van der Waals surface area contributed by atoms with E-state index in [9.17, 15) is 4.79 Å². The molecule has 10 nitrogen and oxygen atoms in total. The van der Waals surface area contributed by atoms with Crippen LogP contribution in [0, 0.1) is 5.82 Å². The maximum Gasteiger partial charge on any atom is 0.301 e. The first-order valence-corrected chi connectivity index (χ1v) is 26.1. The van der Waals surface area contributed by atoms with Crippen LogP contribution in [0.2, 0.25) is 48.8 Å². The highest BCUT2D eigenvalue weighted by Gasteiger charge is 2.52. The zero-order chi connectivity index (χ0) is 38.7. The molecule has 0 saturated carbocycles. The van der Waals surface area contributed by atoms with Crippen molar-refractivity contribution < 1.29 is 27.8 Å². The normalized spacial score (nSPS) is 23.0. The molecule has 3 aromatic heterocycles. The van der Waals surface area contributed by atoms with Crippen molar-refractivity contribution in [2.45, 2.75) is 121 Å². The number of imidazole rings is 1. The van der Waals surface area contributed by atoms with Gasteiger partial charge in [0.25, 0.3) is 5.56 Å². The van der Waals surface area contributed by atoms with E-state index in [1.54, 1.807) is 19.3 Å². The Morgan fingerprint density at radius 2 is 1.72 bits per heavy atom. The summed E-state index contributed by atoms with van der Waals surface area (Å²) >= 11 is 6.91. The van der Waals surface area contributed by atoms with Gasteiger partial charge in [-0.3, -0.25) is 9.36 Å². The summed E-state index contributed by atoms with van der Waals surface area (Å²) in [5.41, 5.74) is 4.77. The number of nitrogens with zero attached hydrogens (tertiary/aromatic N) is 4. The molecule has 7 rings (SSSR count). The molecule has 3 aliphatic rings. The van der Waals surface area contributed by atoms with Gasteiger partial charge in [-0.25, -0.2) is 9.37 Å². The summed E-state index contributed by atoms with van der Waals surface area (Å²) in [5, 5.41) is 0.537. The van der Waals surface area contributed by atoms with Crippen LogP contribution in [0.4, 0.5) is 4.39 Å². The Bertz CT molecular complexity index is 2090. The topological polar surface area (TPSA) is 98.9 Å². The predicted octanol–water partition coefficient (Wildman–Crippen LogP) is 8.11. The quantitative estimate of drug-likeness (QED) is 0.105. The van der Waals surface area contributed by atoms with Gasteiger partial charge < -0.3 is 27.9 Å². The van der Waals surface area contributed by atoms with E-state index < -0.39 is 22.5 Å². The molecule has 0 radical (unpaired) electrons. The third-order valence-electron chi connectivity index (χ3n) is 11.7.